The molecule has 0 aliphatic carbocycles. The summed E-state index contributed by atoms with van der Waals surface area (Å²) in [5.74, 6) is -0.0739. The van der Waals surface area contributed by atoms with Crippen LogP contribution in [0.1, 0.15) is 12.8 Å². The van der Waals surface area contributed by atoms with Crippen LogP contribution >= 0.6 is 0 Å². The molecular formula is C7H9NO2. The van der Waals surface area contributed by atoms with Crippen molar-refractivity contribution in [3.63, 3.8) is 0 Å². The van der Waals surface area contributed by atoms with Crippen LogP contribution in [-0.2, 0) is 9.59 Å². The van der Waals surface area contributed by atoms with Gasteiger partial charge in [0.15, 0.2) is 0 Å². The molecule has 1 amide bonds. The first-order chi connectivity index (χ1) is 4.86. The van der Waals surface area contributed by atoms with E-state index in [2.05, 4.69) is 0 Å². The fourth-order valence-electron chi connectivity index (χ4n) is 1.16. The zero-order chi connectivity index (χ0) is 7.40. The lowest BCUT2D eigenvalue weighted by Crippen LogP contribution is -2.34. The molecule has 54 valence electrons. The number of carbonyl (C=O) groups excluding carboxylic acids is 2. The van der Waals surface area contributed by atoms with Crippen molar-refractivity contribution in [2.75, 3.05) is 13.1 Å². The van der Waals surface area contributed by atoms with Crippen molar-refractivity contribution in [3.8, 4) is 0 Å². The van der Waals surface area contributed by atoms with Gasteiger partial charge < -0.3 is 4.90 Å². The van der Waals surface area contributed by atoms with Gasteiger partial charge in [-0.15, -0.1) is 0 Å². The largest absolute Gasteiger partial charge is 0.334 e. The molecule has 1 aliphatic heterocycles. The molecule has 1 heterocycles. The molecular weight excluding hydrogens is 130 g/mol. The Kier molecular flexibility index (Phi) is 2.42. The van der Waals surface area contributed by atoms with Gasteiger partial charge in [-0.3, -0.25) is 9.59 Å². The van der Waals surface area contributed by atoms with Gasteiger partial charge in [0, 0.05) is 19.0 Å². The summed E-state index contributed by atoms with van der Waals surface area (Å²) >= 11 is 0. The molecule has 1 unspecified atom stereocenters. The lowest BCUT2D eigenvalue weighted by molar-refractivity contribution is 0.285. The lowest BCUT2D eigenvalue weighted by Gasteiger charge is -2.24. The number of rotatable bonds is 2. The standard InChI is InChI=1S/C7H9NO2/c9-5-7-2-1-3-8(4-7)6-10/h7H,1-4H2. The van der Waals surface area contributed by atoms with E-state index in [1.165, 1.54) is 4.90 Å². The van der Waals surface area contributed by atoms with Crippen LogP contribution in [0.4, 0.5) is 0 Å². The maximum absolute atomic E-state index is 10.1. The van der Waals surface area contributed by atoms with Gasteiger partial charge in [0.2, 0.25) is 6.29 Å². The zero-order valence-electron chi connectivity index (χ0n) is 5.67. The topological polar surface area (TPSA) is 37.4 Å². The van der Waals surface area contributed by atoms with E-state index in [4.69, 9.17) is 0 Å². The second-order valence-corrected chi connectivity index (χ2v) is 2.49. The number of hydrogen-bond acceptors (Lipinski definition) is 2. The summed E-state index contributed by atoms with van der Waals surface area (Å²) in [7, 11) is 0. The molecule has 1 rings (SSSR count). The van der Waals surface area contributed by atoms with E-state index in [9.17, 15) is 9.59 Å². The highest BCUT2D eigenvalue weighted by Gasteiger charge is 2.18. The minimum Gasteiger partial charge on any atom is -0.334 e. The molecule has 0 N–H and O–H groups in total. The van der Waals surface area contributed by atoms with Gasteiger partial charge in [0.1, 0.15) is 0 Å². The number of nitrogens with zero attached hydrogens (tertiary/aromatic N) is 1. The Morgan fingerprint density at radius 2 is 2.20 bits per heavy atom. The van der Waals surface area contributed by atoms with Crippen LogP contribution in [0.15, 0.2) is 0 Å². The molecule has 10 heavy (non-hydrogen) atoms. The molecule has 3 nitrogen and oxygen atoms in total. The fraction of sp³-hybridized carbons (Fsp3) is 0.714. The van der Waals surface area contributed by atoms with Crippen molar-refractivity contribution in [2.24, 2.45) is 5.92 Å². The van der Waals surface area contributed by atoms with Crippen molar-refractivity contribution < 1.29 is 9.59 Å². The summed E-state index contributed by atoms with van der Waals surface area (Å²) in [5, 5.41) is 0. The number of amides is 1. The second kappa shape index (κ2) is 3.34. The maximum atomic E-state index is 10.1. The van der Waals surface area contributed by atoms with E-state index in [-0.39, 0.29) is 5.92 Å². The van der Waals surface area contributed by atoms with Gasteiger partial charge >= 0.3 is 6.41 Å². The quantitative estimate of drug-likeness (QED) is 0.534. The lowest BCUT2D eigenvalue weighted by atomic mass is 10.0. The van der Waals surface area contributed by atoms with Crippen molar-refractivity contribution in [1.82, 2.24) is 4.90 Å². The van der Waals surface area contributed by atoms with Crippen molar-refractivity contribution >= 4 is 12.7 Å². The Balaban J connectivity index is 2.38. The third-order valence-electron chi connectivity index (χ3n) is 1.72. The predicted molar refractivity (Wildman–Crippen MR) is 35.7 cm³/mol. The maximum Gasteiger partial charge on any atom is 0.312 e. The molecule has 0 saturated carbocycles. The number of likely N-dealkylation sites (tertiary alicyclic amines) is 1. The van der Waals surface area contributed by atoms with E-state index < -0.39 is 0 Å². The Morgan fingerprint density at radius 3 is 2.80 bits per heavy atom. The van der Waals surface area contributed by atoms with Crippen molar-refractivity contribution in [2.45, 2.75) is 12.8 Å². The van der Waals surface area contributed by atoms with Crippen LogP contribution < -0.4 is 0 Å². The third kappa shape index (κ3) is 1.56. The van der Waals surface area contributed by atoms with Crippen LogP contribution in [0, 0.1) is 5.92 Å². The van der Waals surface area contributed by atoms with Gasteiger partial charge in [-0.05, 0) is 12.8 Å². The van der Waals surface area contributed by atoms with E-state index in [0.29, 0.717) is 6.54 Å². The zero-order valence-corrected chi connectivity index (χ0v) is 5.67. The Labute approximate surface area is 60.0 Å². The number of piperidine rings is 1. The molecule has 3 heteroatoms. The molecule has 1 saturated heterocycles. The smallest absolute Gasteiger partial charge is 0.312 e. The first kappa shape index (κ1) is 7.25. The molecule has 0 aromatic rings. The summed E-state index contributed by atoms with van der Waals surface area (Å²) in [6, 6.07) is 0. The molecule has 1 atom stereocenters. The van der Waals surface area contributed by atoms with E-state index in [1.807, 2.05) is 6.29 Å². The predicted octanol–water partition coefficient (Wildman–Crippen LogP) is -0.125. The molecule has 1 fully saturated rings. The number of hydrogen-bond donors (Lipinski definition) is 0. The van der Waals surface area contributed by atoms with E-state index in [0.717, 1.165) is 19.4 Å². The third-order valence-corrected chi connectivity index (χ3v) is 1.72. The van der Waals surface area contributed by atoms with E-state index in [1.54, 1.807) is 6.41 Å². The van der Waals surface area contributed by atoms with Crippen molar-refractivity contribution in [1.29, 1.82) is 0 Å². The summed E-state index contributed by atoms with van der Waals surface area (Å²) < 4.78 is 0. The normalized spacial score (nSPS) is 26.0. The van der Waals surface area contributed by atoms with Gasteiger partial charge in [-0.2, -0.15) is 0 Å². The van der Waals surface area contributed by atoms with E-state index >= 15 is 0 Å². The van der Waals surface area contributed by atoms with Crippen LogP contribution in [-0.4, -0.2) is 30.7 Å². The molecule has 0 aromatic heterocycles. The second-order valence-electron chi connectivity index (χ2n) is 2.49. The minimum absolute atomic E-state index is 0.0739. The Morgan fingerprint density at radius 1 is 1.40 bits per heavy atom. The average Bonchev–Trinajstić information content (AvgIpc) is 2.05. The Bertz CT molecular complexity index is 122. The molecule has 0 spiro atoms. The highest BCUT2D eigenvalue weighted by Crippen LogP contribution is 2.11. The summed E-state index contributed by atoms with van der Waals surface area (Å²) in [6.07, 6.45) is 5.43. The van der Waals surface area contributed by atoms with Crippen LogP contribution in [0.5, 0.6) is 0 Å². The van der Waals surface area contributed by atoms with Gasteiger partial charge in [0.05, 0.1) is 0 Å². The average molecular weight is 139 g/mol. The molecule has 1 aliphatic rings. The fourth-order valence-corrected chi connectivity index (χ4v) is 1.16. The highest BCUT2D eigenvalue weighted by atomic mass is 16.1. The molecule has 2 radical (unpaired) electrons. The van der Waals surface area contributed by atoms with Gasteiger partial charge in [-0.25, -0.2) is 0 Å². The minimum atomic E-state index is -0.0739. The van der Waals surface area contributed by atoms with Gasteiger partial charge in [-0.1, -0.05) is 0 Å². The van der Waals surface area contributed by atoms with Crippen molar-refractivity contribution in [3.05, 3.63) is 0 Å². The van der Waals surface area contributed by atoms with Crippen LogP contribution in [0.25, 0.3) is 0 Å². The summed E-state index contributed by atoms with van der Waals surface area (Å²) in [4.78, 5) is 21.7. The van der Waals surface area contributed by atoms with Crippen LogP contribution in [0.2, 0.25) is 0 Å². The summed E-state index contributed by atoms with van der Waals surface area (Å²) in [6.45, 7) is 1.24. The monoisotopic (exact) mass is 139 g/mol. The Hall–Kier alpha value is -0.860. The first-order valence-corrected chi connectivity index (χ1v) is 3.37. The molecule has 0 aromatic carbocycles. The molecule has 0 bridgehead atoms. The SMILES string of the molecule is O=[C]C1CCCN([C]=O)C1. The first-order valence-electron chi connectivity index (χ1n) is 3.37. The highest BCUT2D eigenvalue weighted by molar-refractivity contribution is 5.57. The summed E-state index contributed by atoms with van der Waals surface area (Å²) in [5.41, 5.74) is 0. The van der Waals surface area contributed by atoms with Crippen LogP contribution in [0.3, 0.4) is 0 Å². The van der Waals surface area contributed by atoms with Gasteiger partial charge in [0.25, 0.3) is 0 Å².